The number of amides is 1. The Labute approximate surface area is 153 Å². The van der Waals surface area contributed by atoms with Crippen molar-refractivity contribution in [2.75, 3.05) is 19.7 Å². The maximum absolute atomic E-state index is 12.2. The van der Waals surface area contributed by atoms with Crippen molar-refractivity contribution in [1.82, 2.24) is 4.90 Å². The molecule has 1 aromatic carbocycles. The molecule has 6 heteroatoms. The van der Waals surface area contributed by atoms with Gasteiger partial charge in [-0.3, -0.25) is 4.79 Å². The van der Waals surface area contributed by atoms with Crippen LogP contribution in [0.2, 0.25) is 0 Å². The van der Waals surface area contributed by atoms with E-state index < -0.39 is 0 Å². The maximum atomic E-state index is 12.2. The first-order valence-electron chi connectivity index (χ1n) is 7.89. The van der Waals surface area contributed by atoms with E-state index in [1.165, 1.54) is 5.56 Å². The van der Waals surface area contributed by atoms with Crippen molar-refractivity contribution in [3.05, 3.63) is 28.2 Å². The zero-order valence-corrected chi connectivity index (χ0v) is 16.2. The Morgan fingerprint density at radius 3 is 2.65 bits per heavy atom. The summed E-state index contributed by atoms with van der Waals surface area (Å²) in [6, 6.07) is 6.16. The van der Waals surface area contributed by atoms with Gasteiger partial charge in [0, 0.05) is 19.1 Å². The number of carbonyl (C=O) groups excluding carboxylic acids is 1. The van der Waals surface area contributed by atoms with Crippen LogP contribution in [0.3, 0.4) is 0 Å². The lowest BCUT2D eigenvalue weighted by molar-refractivity contribution is -0.133. The third-order valence-corrected chi connectivity index (χ3v) is 4.92. The van der Waals surface area contributed by atoms with Gasteiger partial charge in [-0.1, -0.05) is 6.07 Å². The van der Waals surface area contributed by atoms with Crippen molar-refractivity contribution in [3.63, 3.8) is 0 Å². The van der Waals surface area contributed by atoms with Crippen LogP contribution >= 0.6 is 28.3 Å². The molecule has 23 heavy (non-hydrogen) atoms. The van der Waals surface area contributed by atoms with Gasteiger partial charge in [-0.15, -0.1) is 12.4 Å². The highest BCUT2D eigenvalue weighted by atomic mass is 79.9. The molecule has 1 aliphatic heterocycles. The maximum Gasteiger partial charge on any atom is 0.225 e. The van der Waals surface area contributed by atoms with Gasteiger partial charge in [-0.25, -0.2) is 0 Å². The number of hydrogen-bond acceptors (Lipinski definition) is 3. The van der Waals surface area contributed by atoms with Crippen molar-refractivity contribution < 1.29 is 9.53 Å². The molecule has 0 aliphatic carbocycles. The van der Waals surface area contributed by atoms with Crippen LogP contribution in [0.1, 0.15) is 31.7 Å². The van der Waals surface area contributed by atoms with Crippen molar-refractivity contribution >= 4 is 34.2 Å². The van der Waals surface area contributed by atoms with Gasteiger partial charge in [0.05, 0.1) is 17.5 Å². The average molecular weight is 406 g/mol. The van der Waals surface area contributed by atoms with Gasteiger partial charge < -0.3 is 15.4 Å². The monoisotopic (exact) mass is 404 g/mol. The van der Waals surface area contributed by atoms with Gasteiger partial charge in [0.2, 0.25) is 5.91 Å². The molecule has 1 heterocycles. The molecule has 2 N–H and O–H groups in total. The Balaban J connectivity index is 0.00000264. The van der Waals surface area contributed by atoms with E-state index in [1.807, 2.05) is 30.0 Å². The van der Waals surface area contributed by atoms with E-state index in [0.29, 0.717) is 18.9 Å². The van der Waals surface area contributed by atoms with Crippen LogP contribution in [0.25, 0.3) is 0 Å². The van der Waals surface area contributed by atoms with Gasteiger partial charge >= 0.3 is 0 Å². The second-order valence-electron chi connectivity index (χ2n) is 6.11. The Morgan fingerprint density at radius 2 is 2.09 bits per heavy atom. The summed E-state index contributed by atoms with van der Waals surface area (Å²) in [7, 11) is 0. The van der Waals surface area contributed by atoms with Crippen LogP contribution in [0, 0.1) is 12.8 Å². The number of benzene rings is 1. The first-order chi connectivity index (χ1) is 10.5. The largest absolute Gasteiger partial charge is 0.492 e. The normalized spacial score (nSPS) is 16.6. The van der Waals surface area contributed by atoms with Gasteiger partial charge in [0.25, 0.3) is 0 Å². The number of rotatable bonds is 5. The van der Waals surface area contributed by atoms with Crippen molar-refractivity contribution in [1.29, 1.82) is 0 Å². The number of piperidine rings is 1. The fraction of sp³-hybridized carbons (Fsp3) is 0.588. The van der Waals surface area contributed by atoms with Crippen LogP contribution in [0.5, 0.6) is 5.75 Å². The smallest absolute Gasteiger partial charge is 0.225 e. The topological polar surface area (TPSA) is 55.6 Å². The highest BCUT2D eigenvalue weighted by Crippen LogP contribution is 2.26. The minimum atomic E-state index is 0. The number of nitrogens with two attached hydrogens (primary N) is 1. The molecule has 1 fully saturated rings. The highest BCUT2D eigenvalue weighted by molar-refractivity contribution is 9.10. The summed E-state index contributed by atoms with van der Waals surface area (Å²) in [5.74, 6) is 1.50. The average Bonchev–Trinajstić information content (AvgIpc) is 2.49. The second-order valence-corrected chi connectivity index (χ2v) is 6.96. The molecule has 0 bridgehead atoms. The molecule has 1 atom stereocenters. The fourth-order valence-electron chi connectivity index (χ4n) is 2.80. The molecule has 4 nitrogen and oxygen atoms in total. The minimum Gasteiger partial charge on any atom is -0.492 e. The van der Waals surface area contributed by atoms with Gasteiger partial charge in [0.15, 0.2) is 0 Å². The Bertz CT molecular complexity index is 517. The lowest BCUT2D eigenvalue weighted by Gasteiger charge is -2.33. The minimum absolute atomic E-state index is 0. The molecule has 1 aromatic rings. The van der Waals surface area contributed by atoms with Crippen LogP contribution in [-0.2, 0) is 4.79 Å². The van der Waals surface area contributed by atoms with Crippen molar-refractivity contribution in [2.45, 2.75) is 39.2 Å². The number of halogens is 2. The zero-order chi connectivity index (χ0) is 16.1. The first kappa shape index (κ1) is 20.3. The van der Waals surface area contributed by atoms with Gasteiger partial charge in [0.1, 0.15) is 5.75 Å². The molecular formula is C17H26BrClN2O2. The molecule has 130 valence electrons. The number of carbonyl (C=O) groups is 1. The summed E-state index contributed by atoms with van der Waals surface area (Å²) in [5.41, 5.74) is 7.10. The predicted molar refractivity (Wildman–Crippen MR) is 99.2 cm³/mol. The Hall–Kier alpha value is -0.780. The molecule has 0 radical (unpaired) electrons. The van der Waals surface area contributed by atoms with Crippen LogP contribution < -0.4 is 10.5 Å². The summed E-state index contributed by atoms with van der Waals surface area (Å²) >= 11 is 3.48. The zero-order valence-electron chi connectivity index (χ0n) is 13.8. The van der Waals surface area contributed by atoms with Crippen LogP contribution in [0.15, 0.2) is 22.7 Å². The molecule has 0 aromatic heterocycles. The third kappa shape index (κ3) is 5.98. The van der Waals surface area contributed by atoms with Crippen molar-refractivity contribution in [3.8, 4) is 5.75 Å². The SMILES string of the molecule is Cc1ccc(OCCC(=O)N2CCC(C(C)N)CC2)c(Br)c1.Cl. The predicted octanol–water partition coefficient (Wildman–Crippen LogP) is 3.53. The quantitative estimate of drug-likeness (QED) is 0.815. The summed E-state index contributed by atoms with van der Waals surface area (Å²) < 4.78 is 6.63. The Kier molecular flexibility index (Phi) is 8.37. The lowest BCUT2D eigenvalue weighted by atomic mass is 9.91. The molecule has 1 amide bonds. The van der Waals surface area contributed by atoms with Crippen LogP contribution in [0.4, 0.5) is 0 Å². The molecule has 2 rings (SSSR count). The number of nitrogens with zero attached hydrogens (tertiary/aromatic N) is 1. The van der Waals surface area contributed by atoms with Crippen LogP contribution in [-0.4, -0.2) is 36.5 Å². The fourth-order valence-corrected chi connectivity index (χ4v) is 3.41. The van der Waals surface area contributed by atoms with E-state index in [-0.39, 0.29) is 24.4 Å². The molecule has 1 aliphatic rings. The molecule has 0 spiro atoms. The first-order valence-corrected chi connectivity index (χ1v) is 8.69. The second kappa shape index (κ2) is 9.50. The summed E-state index contributed by atoms with van der Waals surface area (Å²) in [6.45, 7) is 6.13. The summed E-state index contributed by atoms with van der Waals surface area (Å²) in [6.07, 6.45) is 2.44. The molecule has 0 saturated carbocycles. The van der Waals surface area contributed by atoms with Crippen molar-refractivity contribution in [2.24, 2.45) is 11.7 Å². The molecule has 1 unspecified atom stereocenters. The van der Waals surface area contributed by atoms with E-state index in [2.05, 4.69) is 22.9 Å². The van der Waals surface area contributed by atoms with E-state index >= 15 is 0 Å². The molecular weight excluding hydrogens is 380 g/mol. The highest BCUT2D eigenvalue weighted by Gasteiger charge is 2.24. The van der Waals surface area contributed by atoms with E-state index in [0.717, 1.165) is 36.2 Å². The van der Waals surface area contributed by atoms with Gasteiger partial charge in [-0.2, -0.15) is 0 Å². The third-order valence-electron chi connectivity index (χ3n) is 4.30. The van der Waals surface area contributed by atoms with E-state index in [4.69, 9.17) is 10.5 Å². The number of aryl methyl sites for hydroxylation is 1. The molecule has 1 saturated heterocycles. The lowest BCUT2D eigenvalue weighted by Crippen LogP contribution is -2.42. The number of hydrogen-bond donors (Lipinski definition) is 1. The summed E-state index contributed by atoms with van der Waals surface area (Å²) in [4.78, 5) is 14.1. The van der Waals surface area contributed by atoms with E-state index in [1.54, 1.807) is 0 Å². The van der Waals surface area contributed by atoms with E-state index in [9.17, 15) is 4.79 Å². The summed E-state index contributed by atoms with van der Waals surface area (Å²) in [5, 5.41) is 0. The van der Waals surface area contributed by atoms with Gasteiger partial charge in [-0.05, 0) is 66.2 Å². The number of likely N-dealkylation sites (tertiary alicyclic amines) is 1. The Morgan fingerprint density at radius 1 is 1.43 bits per heavy atom. The number of ether oxygens (including phenoxy) is 1. The standard InChI is InChI=1S/C17H25BrN2O2.ClH/c1-12-3-4-16(15(18)11-12)22-10-7-17(21)20-8-5-14(6-9-20)13(2)19;/h3-4,11,13-14H,5-10,19H2,1-2H3;1H.